The third-order valence-electron chi connectivity index (χ3n) is 14.5. The van der Waals surface area contributed by atoms with Crippen molar-refractivity contribution in [1.82, 2.24) is 5.32 Å². The van der Waals surface area contributed by atoms with Gasteiger partial charge in [-0.3, -0.25) is 4.79 Å². The smallest absolute Gasteiger partial charge is 0.328 e. The highest BCUT2D eigenvalue weighted by Crippen LogP contribution is 2.77. The lowest BCUT2D eigenvalue weighted by Crippen LogP contribution is -2.66. The van der Waals surface area contributed by atoms with Crippen molar-refractivity contribution in [3.05, 3.63) is 12.2 Å². The molecule has 5 aliphatic rings. The van der Waals surface area contributed by atoms with E-state index in [0.29, 0.717) is 36.2 Å². The Morgan fingerprint density at radius 3 is 2.25 bits per heavy atom. The van der Waals surface area contributed by atoms with Crippen LogP contribution in [-0.2, 0) is 14.3 Å². The van der Waals surface area contributed by atoms with E-state index in [1.54, 1.807) is 6.92 Å². The number of esters is 1. The largest absolute Gasteiger partial charge is 0.464 e. The fourth-order valence-corrected chi connectivity index (χ4v) is 12.2. The zero-order valence-electron chi connectivity index (χ0n) is 26.7. The zero-order chi connectivity index (χ0) is 29.5. The van der Waals surface area contributed by atoms with E-state index in [-0.39, 0.29) is 45.1 Å². The SMILES string of the molecule is C=C(C)[C@@H]1CC[C@]2(COC(=O)C(C)NC(C)=O)CC[C@]3(C)C(CC[C@@H]4[C@@]5(C)CC[C@H](O)C(C)(C)[C@@H]5CC[C@]43C)[C@@H]12. The molecule has 0 heterocycles. The van der Waals surface area contributed by atoms with Gasteiger partial charge in [-0.05, 0) is 129 Å². The molecule has 0 bridgehead atoms. The molecule has 11 atom stereocenters. The van der Waals surface area contributed by atoms with Gasteiger partial charge >= 0.3 is 5.97 Å². The minimum atomic E-state index is -0.622. The molecule has 0 aromatic heterocycles. The fourth-order valence-electron chi connectivity index (χ4n) is 12.2. The van der Waals surface area contributed by atoms with Crippen LogP contribution in [0.3, 0.4) is 0 Å². The van der Waals surface area contributed by atoms with Gasteiger partial charge in [0.2, 0.25) is 5.91 Å². The molecular formula is C35H57NO4. The Hall–Kier alpha value is -1.36. The van der Waals surface area contributed by atoms with E-state index in [2.05, 4.69) is 53.4 Å². The van der Waals surface area contributed by atoms with Crippen molar-refractivity contribution < 1.29 is 19.4 Å². The Labute approximate surface area is 243 Å². The second-order valence-corrected chi connectivity index (χ2v) is 16.5. The lowest BCUT2D eigenvalue weighted by atomic mass is 9.32. The summed E-state index contributed by atoms with van der Waals surface area (Å²) in [7, 11) is 0. The second-order valence-electron chi connectivity index (χ2n) is 16.5. The first-order chi connectivity index (χ1) is 18.5. The third-order valence-corrected chi connectivity index (χ3v) is 14.5. The maximum atomic E-state index is 12.9. The molecule has 226 valence electrons. The topological polar surface area (TPSA) is 75.6 Å². The number of fused-ring (bicyclic) bond motifs is 7. The first-order valence-electron chi connectivity index (χ1n) is 16.3. The monoisotopic (exact) mass is 555 g/mol. The van der Waals surface area contributed by atoms with E-state index in [9.17, 15) is 14.7 Å². The van der Waals surface area contributed by atoms with Crippen molar-refractivity contribution in [3.63, 3.8) is 0 Å². The number of aliphatic hydroxyl groups excluding tert-OH is 1. The van der Waals surface area contributed by atoms with Crippen molar-refractivity contribution in [2.24, 2.45) is 56.7 Å². The molecule has 5 aliphatic carbocycles. The lowest BCUT2D eigenvalue weighted by molar-refractivity contribution is -0.250. The first kappa shape index (κ1) is 30.1. The fraction of sp³-hybridized carbons (Fsp3) is 0.886. The van der Waals surface area contributed by atoms with Gasteiger partial charge in [-0.25, -0.2) is 4.79 Å². The number of allylic oxidation sites excluding steroid dienone is 1. The highest BCUT2D eigenvalue weighted by molar-refractivity contribution is 5.82. The minimum absolute atomic E-state index is 0.000632. The van der Waals surface area contributed by atoms with Crippen molar-refractivity contribution in [2.45, 2.75) is 132 Å². The maximum Gasteiger partial charge on any atom is 0.328 e. The lowest BCUT2D eigenvalue weighted by Gasteiger charge is -2.73. The van der Waals surface area contributed by atoms with Gasteiger partial charge in [0.1, 0.15) is 6.04 Å². The van der Waals surface area contributed by atoms with Crippen molar-refractivity contribution in [3.8, 4) is 0 Å². The summed E-state index contributed by atoms with van der Waals surface area (Å²) in [5.74, 6) is 2.29. The Bertz CT molecular complexity index is 1050. The number of hydrogen-bond acceptors (Lipinski definition) is 4. The highest BCUT2D eigenvalue weighted by atomic mass is 16.5. The van der Waals surface area contributed by atoms with E-state index < -0.39 is 6.04 Å². The predicted molar refractivity (Wildman–Crippen MR) is 159 cm³/mol. The van der Waals surface area contributed by atoms with Gasteiger partial charge in [-0.2, -0.15) is 0 Å². The van der Waals surface area contributed by atoms with Gasteiger partial charge in [0, 0.05) is 12.3 Å². The van der Waals surface area contributed by atoms with Gasteiger partial charge in [-0.15, -0.1) is 0 Å². The Morgan fingerprint density at radius 1 is 0.900 bits per heavy atom. The Balaban J connectivity index is 1.45. The van der Waals surface area contributed by atoms with Gasteiger partial charge < -0.3 is 15.2 Å². The number of carbonyl (C=O) groups is 2. The van der Waals surface area contributed by atoms with Gasteiger partial charge in [0.25, 0.3) is 0 Å². The molecule has 5 rings (SSSR count). The summed E-state index contributed by atoms with van der Waals surface area (Å²) in [4.78, 5) is 24.4. The number of rotatable bonds is 5. The molecule has 0 aliphatic heterocycles. The van der Waals surface area contributed by atoms with Crippen LogP contribution in [0.5, 0.6) is 0 Å². The average Bonchev–Trinajstić information content (AvgIpc) is 3.25. The summed E-state index contributed by atoms with van der Waals surface area (Å²) in [5.41, 5.74) is 2.05. The second kappa shape index (κ2) is 9.85. The molecule has 2 N–H and O–H groups in total. The molecule has 5 fully saturated rings. The molecule has 5 heteroatoms. The van der Waals surface area contributed by atoms with E-state index in [4.69, 9.17) is 4.74 Å². The maximum absolute atomic E-state index is 12.9. The highest BCUT2D eigenvalue weighted by Gasteiger charge is 2.71. The number of hydrogen-bond donors (Lipinski definition) is 2. The molecule has 2 unspecified atom stereocenters. The average molecular weight is 556 g/mol. The molecule has 0 spiro atoms. The predicted octanol–water partition coefficient (Wildman–Crippen LogP) is 7.07. The van der Waals surface area contributed by atoms with E-state index in [1.165, 1.54) is 44.6 Å². The van der Waals surface area contributed by atoms with Gasteiger partial charge in [0.05, 0.1) is 12.7 Å². The van der Waals surface area contributed by atoms with Crippen LogP contribution >= 0.6 is 0 Å². The molecule has 40 heavy (non-hydrogen) atoms. The van der Waals surface area contributed by atoms with E-state index >= 15 is 0 Å². The summed E-state index contributed by atoms with van der Waals surface area (Å²) in [5, 5.41) is 13.7. The van der Waals surface area contributed by atoms with E-state index in [1.807, 2.05) is 0 Å². The minimum Gasteiger partial charge on any atom is -0.464 e. The first-order valence-corrected chi connectivity index (χ1v) is 16.3. The molecule has 0 aromatic carbocycles. The summed E-state index contributed by atoms with van der Waals surface area (Å²) in [6, 6.07) is -0.622. The zero-order valence-corrected chi connectivity index (χ0v) is 26.7. The standard InChI is InChI=1S/C35H57NO4/c1-21(2)24-12-17-35(20-40-30(39)22(3)36-23(4)37)19-18-33(8)25(29(24)35)10-11-27-32(7)15-14-28(38)31(5,6)26(32)13-16-34(27,33)9/h22,24-29,38H,1,10-20H2,2-9H3,(H,36,37)/t22?,24-,25?,26-,27+,28-,29+,32-,33+,34+,35+/m0/s1. The third kappa shape index (κ3) is 4.17. The Kier molecular flexibility index (Phi) is 7.41. The van der Waals surface area contributed by atoms with Crippen LogP contribution < -0.4 is 5.32 Å². The van der Waals surface area contributed by atoms with Crippen LogP contribution in [-0.4, -0.2) is 35.7 Å². The van der Waals surface area contributed by atoms with Gasteiger partial charge in [0.15, 0.2) is 0 Å². The summed E-state index contributed by atoms with van der Waals surface area (Å²) in [6.07, 6.45) is 11.4. The van der Waals surface area contributed by atoms with Crippen molar-refractivity contribution >= 4 is 11.9 Å². The van der Waals surface area contributed by atoms with Gasteiger partial charge in [-0.1, -0.05) is 46.8 Å². The van der Waals surface area contributed by atoms with Crippen LogP contribution in [0.4, 0.5) is 0 Å². The van der Waals surface area contributed by atoms with Crippen molar-refractivity contribution in [1.29, 1.82) is 0 Å². The quantitative estimate of drug-likeness (QED) is 0.281. The normalized spacial score (nSPS) is 48.0. The molecule has 5 saturated carbocycles. The number of amides is 1. The van der Waals surface area contributed by atoms with Crippen LogP contribution in [0.15, 0.2) is 12.2 Å². The molecule has 1 amide bonds. The summed E-state index contributed by atoms with van der Waals surface area (Å²) >= 11 is 0. The molecule has 0 aromatic rings. The number of aliphatic hydroxyl groups is 1. The van der Waals surface area contributed by atoms with Crippen LogP contribution in [0.1, 0.15) is 120 Å². The van der Waals surface area contributed by atoms with E-state index in [0.717, 1.165) is 32.1 Å². The molecular weight excluding hydrogens is 498 g/mol. The van der Waals surface area contributed by atoms with Crippen LogP contribution in [0, 0.1) is 56.7 Å². The van der Waals surface area contributed by atoms with Crippen LogP contribution in [0.25, 0.3) is 0 Å². The van der Waals surface area contributed by atoms with Crippen LogP contribution in [0.2, 0.25) is 0 Å². The molecule has 0 saturated heterocycles. The molecule has 5 nitrogen and oxygen atoms in total. The Morgan fingerprint density at radius 2 is 1.60 bits per heavy atom. The number of ether oxygens (including phenoxy) is 1. The summed E-state index contributed by atoms with van der Waals surface area (Å²) in [6.45, 7) is 22.8. The summed E-state index contributed by atoms with van der Waals surface area (Å²) < 4.78 is 6.03. The van der Waals surface area contributed by atoms with Crippen molar-refractivity contribution in [2.75, 3.05) is 6.61 Å². The number of nitrogens with one attached hydrogen (secondary N) is 1. The molecule has 0 radical (unpaired) electrons. The number of carbonyl (C=O) groups excluding carboxylic acids is 2.